The maximum atomic E-state index is 11.6. The lowest BCUT2D eigenvalue weighted by molar-refractivity contribution is 0.0697. The van der Waals surface area contributed by atoms with Crippen molar-refractivity contribution in [3.8, 4) is 5.75 Å². The molecule has 0 spiro atoms. The van der Waals surface area contributed by atoms with Crippen LogP contribution in [-0.2, 0) is 0 Å². The smallest absolute Gasteiger partial charge is 0.337 e. The standard InChI is InChI=1S/C25H30Cl2N2O3/c1-17-14-19(26)3-5-24(17)32-21-8-10-28(11-9-21)16-18-6-12-29(13-7-18)23-15-20(27)2-4-22(23)25(30)31/h2-5,14-15,18,21H,6-13,16H2,1H3,(H,30,31). The third kappa shape index (κ3) is 5.69. The molecule has 4 rings (SSSR count). The van der Waals surface area contributed by atoms with E-state index in [1.165, 1.54) is 0 Å². The lowest BCUT2D eigenvalue weighted by Gasteiger charge is -2.38. The summed E-state index contributed by atoms with van der Waals surface area (Å²) in [4.78, 5) is 16.3. The van der Waals surface area contributed by atoms with Gasteiger partial charge in [0.15, 0.2) is 0 Å². The van der Waals surface area contributed by atoms with E-state index in [1.807, 2.05) is 25.1 Å². The number of hydrogen-bond donors (Lipinski definition) is 1. The fourth-order valence-corrected chi connectivity index (χ4v) is 5.20. The zero-order chi connectivity index (χ0) is 22.7. The molecule has 2 aromatic rings. The molecule has 0 aliphatic carbocycles. The zero-order valence-electron chi connectivity index (χ0n) is 18.4. The lowest BCUT2D eigenvalue weighted by Crippen LogP contribution is -2.43. The summed E-state index contributed by atoms with van der Waals surface area (Å²) in [6.07, 6.45) is 4.44. The van der Waals surface area contributed by atoms with Crippen molar-refractivity contribution < 1.29 is 14.6 Å². The highest BCUT2D eigenvalue weighted by Gasteiger charge is 2.27. The van der Waals surface area contributed by atoms with Crippen LogP contribution in [0.3, 0.4) is 0 Å². The fourth-order valence-electron chi connectivity index (χ4n) is 4.80. The Bertz CT molecular complexity index is 952. The van der Waals surface area contributed by atoms with Crippen molar-refractivity contribution in [3.05, 3.63) is 57.6 Å². The molecule has 0 amide bonds. The van der Waals surface area contributed by atoms with Gasteiger partial charge in [0.1, 0.15) is 11.9 Å². The number of carboxylic acid groups (broad SMARTS) is 1. The van der Waals surface area contributed by atoms with Gasteiger partial charge in [0.2, 0.25) is 0 Å². The molecule has 2 saturated heterocycles. The van der Waals surface area contributed by atoms with Crippen LogP contribution >= 0.6 is 23.2 Å². The Morgan fingerprint density at radius 3 is 2.31 bits per heavy atom. The number of carboxylic acids is 1. The highest BCUT2D eigenvalue weighted by atomic mass is 35.5. The predicted octanol–water partition coefficient (Wildman–Crippen LogP) is 5.76. The van der Waals surface area contributed by atoms with Gasteiger partial charge in [0, 0.05) is 42.8 Å². The number of piperidine rings is 2. The van der Waals surface area contributed by atoms with Crippen LogP contribution in [0, 0.1) is 12.8 Å². The van der Waals surface area contributed by atoms with Gasteiger partial charge in [-0.05, 0) is 80.5 Å². The highest BCUT2D eigenvalue weighted by molar-refractivity contribution is 6.31. The molecule has 1 N–H and O–H groups in total. The molecular weight excluding hydrogens is 447 g/mol. The SMILES string of the molecule is Cc1cc(Cl)ccc1OC1CCN(CC2CCN(c3cc(Cl)ccc3C(=O)O)CC2)CC1. The number of nitrogens with zero attached hydrogens (tertiary/aromatic N) is 2. The number of aromatic carboxylic acids is 1. The molecule has 2 fully saturated rings. The topological polar surface area (TPSA) is 53.0 Å². The van der Waals surface area contributed by atoms with E-state index in [2.05, 4.69) is 9.80 Å². The molecule has 7 heteroatoms. The van der Waals surface area contributed by atoms with Gasteiger partial charge in [0.25, 0.3) is 0 Å². The Hall–Kier alpha value is -1.95. The number of aryl methyl sites for hydroxylation is 1. The number of ether oxygens (including phenoxy) is 1. The summed E-state index contributed by atoms with van der Waals surface area (Å²) in [6, 6.07) is 10.8. The second kappa shape index (κ2) is 10.3. The second-order valence-electron chi connectivity index (χ2n) is 8.92. The summed E-state index contributed by atoms with van der Waals surface area (Å²) < 4.78 is 6.23. The second-order valence-corrected chi connectivity index (χ2v) is 9.80. The van der Waals surface area contributed by atoms with Crippen molar-refractivity contribution in [1.29, 1.82) is 0 Å². The molecule has 32 heavy (non-hydrogen) atoms. The Morgan fingerprint density at radius 1 is 1.00 bits per heavy atom. The van der Waals surface area contributed by atoms with E-state index >= 15 is 0 Å². The number of benzene rings is 2. The molecule has 0 unspecified atom stereocenters. The summed E-state index contributed by atoms with van der Waals surface area (Å²) in [5.74, 6) is 0.661. The van der Waals surface area contributed by atoms with Crippen LogP contribution in [0.4, 0.5) is 5.69 Å². The maximum absolute atomic E-state index is 11.6. The van der Waals surface area contributed by atoms with Gasteiger partial charge in [-0.25, -0.2) is 4.79 Å². The number of anilines is 1. The molecule has 0 saturated carbocycles. The highest BCUT2D eigenvalue weighted by Crippen LogP contribution is 2.30. The predicted molar refractivity (Wildman–Crippen MR) is 130 cm³/mol. The van der Waals surface area contributed by atoms with Gasteiger partial charge < -0.3 is 19.6 Å². The summed E-state index contributed by atoms with van der Waals surface area (Å²) in [5, 5.41) is 10.8. The molecule has 2 heterocycles. The van der Waals surface area contributed by atoms with Crippen LogP contribution in [0.15, 0.2) is 36.4 Å². The molecule has 0 bridgehead atoms. The molecule has 2 aliphatic rings. The quantitative estimate of drug-likeness (QED) is 0.574. The molecule has 172 valence electrons. The third-order valence-electron chi connectivity index (χ3n) is 6.63. The van der Waals surface area contributed by atoms with E-state index < -0.39 is 5.97 Å². The minimum Gasteiger partial charge on any atom is -0.490 e. The van der Waals surface area contributed by atoms with Crippen LogP contribution in [0.1, 0.15) is 41.6 Å². The maximum Gasteiger partial charge on any atom is 0.337 e. The molecule has 2 aliphatic heterocycles. The van der Waals surface area contributed by atoms with E-state index in [9.17, 15) is 9.90 Å². The van der Waals surface area contributed by atoms with E-state index in [-0.39, 0.29) is 6.10 Å². The normalized spacial score (nSPS) is 18.7. The molecule has 0 radical (unpaired) electrons. The molecule has 0 atom stereocenters. The average Bonchev–Trinajstić information content (AvgIpc) is 2.77. The Kier molecular flexibility index (Phi) is 7.49. The van der Waals surface area contributed by atoms with Crippen molar-refractivity contribution in [2.75, 3.05) is 37.6 Å². The minimum absolute atomic E-state index is 0.255. The van der Waals surface area contributed by atoms with Gasteiger partial charge in [-0.3, -0.25) is 0 Å². The van der Waals surface area contributed by atoms with Crippen LogP contribution in [0.2, 0.25) is 10.0 Å². The van der Waals surface area contributed by atoms with Crippen LogP contribution in [0.5, 0.6) is 5.75 Å². The van der Waals surface area contributed by atoms with Crippen molar-refractivity contribution in [1.82, 2.24) is 4.90 Å². The van der Waals surface area contributed by atoms with Gasteiger partial charge in [-0.2, -0.15) is 0 Å². The number of carbonyl (C=O) groups is 1. The molecule has 0 aromatic heterocycles. The summed E-state index contributed by atoms with van der Waals surface area (Å²) in [6.45, 7) is 6.96. The van der Waals surface area contributed by atoms with E-state index in [4.69, 9.17) is 27.9 Å². The zero-order valence-corrected chi connectivity index (χ0v) is 19.9. The molecule has 5 nitrogen and oxygen atoms in total. The van der Waals surface area contributed by atoms with Crippen molar-refractivity contribution >= 4 is 34.9 Å². The van der Waals surface area contributed by atoms with Crippen LogP contribution < -0.4 is 9.64 Å². The summed E-state index contributed by atoms with van der Waals surface area (Å²) >= 11 is 12.2. The first-order chi connectivity index (χ1) is 15.4. The van der Waals surface area contributed by atoms with Gasteiger partial charge >= 0.3 is 5.97 Å². The Balaban J connectivity index is 1.24. The number of rotatable bonds is 6. The van der Waals surface area contributed by atoms with Crippen LogP contribution in [0.25, 0.3) is 0 Å². The number of hydrogen-bond acceptors (Lipinski definition) is 4. The van der Waals surface area contributed by atoms with Crippen LogP contribution in [-0.4, -0.2) is 54.8 Å². The summed E-state index contributed by atoms with van der Waals surface area (Å²) in [7, 11) is 0. The Labute approximate surface area is 199 Å². The Morgan fingerprint density at radius 2 is 1.66 bits per heavy atom. The van der Waals surface area contributed by atoms with Crippen molar-refractivity contribution in [2.24, 2.45) is 5.92 Å². The van der Waals surface area contributed by atoms with E-state index in [0.717, 1.165) is 80.4 Å². The van der Waals surface area contributed by atoms with Crippen molar-refractivity contribution in [2.45, 2.75) is 38.7 Å². The van der Waals surface area contributed by atoms with Crippen molar-refractivity contribution in [3.63, 3.8) is 0 Å². The first-order valence-electron chi connectivity index (χ1n) is 11.3. The molecular formula is C25H30Cl2N2O3. The fraction of sp³-hybridized carbons (Fsp3) is 0.480. The monoisotopic (exact) mass is 476 g/mol. The number of halogens is 2. The minimum atomic E-state index is -0.905. The molecule has 2 aromatic carbocycles. The first kappa shape index (κ1) is 23.2. The lowest BCUT2D eigenvalue weighted by atomic mass is 9.94. The van der Waals surface area contributed by atoms with E-state index in [1.54, 1.807) is 18.2 Å². The largest absolute Gasteiger partial charge is 0.490 e. The summed E-state index contributed by atoms with van der Waals surface area (Å²) in [5.41, 5.74) is 2.14. The van der Waals surface area contributed by atoms with Gasteiger partial charge in [-0.15, -0.1) is 0 Å². The number of likely N-dealkylation sites (tertiary alicyclic amines) is 1. The average molecular weight is 477 g/mol. The third-order valence-corrected chi connectivity index (χ3v) is 7.10. The van der Waals surface area contributed by atoms with Gasteiger partial charge in [0.05, 0.1) is 11.3 Å². The van der Waals surface area contributed by atoms with Gasteiger partial charge in [-0.1, -0.05) is 23.2 Å². The first-order valence-corrected chi connectivity index (χ1v) is 12.1. The van der Waals surface area contributed by atoms with E-state index in [0.29, 0.717) is 16.5 Å².